The molecule has 0 amide bonds. The van der Waals surface area contributed by atoms with Gasteiger partial charge in [-0.1, -0.05) is 27.7 Å². The van der Waals surface area contributed by atoms with Gasteiger partial charge in [0.05, 0.1) is 0 Å². The molecule has 1 aliphatic carbocycles. The van der Waals surface area contributed by atoms with Gasteiger partial charge < -0.3 is 10.2 Å². The van der Waals surface area contributed by atoms with E-state index in [-0.39, 0.29) is 0 Å². The molecule has 3 heteroatoms. The van der Waals surface area contributed by atoms with Crippen molar-refractivity contribution in [3.63, 3.8) is 0 Å². The molecule has 0 unspecified atom stereocenters. The molecule has 0 spiro atoms. The van der Waals surface area contributed by atoms with Crippen LogP contribution in [0.4, 0.5) is 0 Å². The normalized spacial score (nSPS) is 28.4. The van der Waals surface area contributed by atoms with Crippen LogP contribution in [-0.4, -0.2) is 48.6 Å². The predicted octanol–water partition coefficient (Wildman–Crippen LogP) is 3.23. The lowest BCUT2D eigenvalue weighted by Crippen LogP contribution is -2.46. The smallest absolute Gasteiger partial charge is 0.0108 e. The molecular weight excluding hydrogens is 252 g/mol. The van der Waals surface area contributed by atoms with E-state index >= 15 is 0 Å². The van der Waals surface area contributed by atoms with Crippen LogP contribution in [0.5, 0.6) is 0 Å². The first kappa shape index (κ1) is 15.7. The molecule has 2 nitrogen and oxygen atoms in total. The molecule has 0 aromatic heterocycles. The Balaban J connectivity index is 1.72. The number of nitrogens with zero attached hydrogens (tertiary/aromatic N) is 1. The average molecular weight is 285 g/mol. The monoisotopic (exact) mass is 284 g/mol. The highest BCUT2D eigenvalue weighted by Gasteiger charge is 2.38. The van der Waals surface area contributed by atoms with E-state index in [0.29, 0.717) is 10.8 Å². The quantitative estimate of drug-likeness (QED) is 0.853. The van der Waals surface area contributed by atoms with E-state index in [4.69, 9.17) is 0 Å². The van der Waals surface area contributed by atoms with Crippen molar-refractivity contribution in [2.24, 2.45) is 10.8 Å². The van der Waals surface area contributed by atoms with E-state index in [2.05, 4.69) is 49.7 Å². The first-order valence-corrected chi connectivity index (χ1v) is 9.05. The van der Waals surface area contributed by atoms with Gasteiger partial charge in [0.15, 0.2) is 0 Å². The number of nitrogens with one attached hydrogen (secondary N) is 1. The van der Waals surface area contributed by atoms with Crippen molar-refractivity contribution >= 4 is 11.8 Å². The van der Waals surface area contributed by atoms with Gasteiger partial charge in [-0.3, -0.25) is 0 Å². The highest BCUT2D eigenvalue weighted by Crippen LogP contribution is 2.45. The molecule has 2 fully saturated rings. The van der Waals surface area contributed by atoms with Crippen molar-refractivity contribution in [3.05, 3.63) is 0 Å². The van der Waals surface area contributed by atoms with Crippen LogP contribution in [0.2, 0.25) is 0 Å². The summed E-state index contributed by atoms with van der Waals surface area (Å²) < 4.78 is 0. The Bertz CT molecular complexity index is 266. The molecule has 1 aliphatic heterocycles. The molecule has 1 N–H and O–H groups in total. The third-order valence-electron chi connectivity index (χ3n) is 4.52. The van der Waals surface area contributed by atoms with E-state index in [0.717, 1.165) is 6.04 Å². The van der Waals surface area contributed by atoms with Crippen molar-refractivity contribution in [2.45, 2.75) is 53.0 Å². The van der Waals surface area contributed by atoms with Gasteiger partial charge in [-0.15, -0.1) is 0 Å². The van der Waals surface area contributed by atoms with E-state index in [1.165, 1.54) is 56.9 Å². The Labute approximate surface area is 124 Å². The molecule has 0 aromatic carbocycles. The van der Waals surface area contributed by atoms with Crippen LogP contribution in [-0.2, 0) is 0 Å². The molecule has 0 atom stereocenters. The summed E-state index contributed by atoms with van der Waals surface area (Å²) in [7, 11) is 0. The molecule has 1 saturated heterocycles. The largest absolute Gasteiger partial charge is 0.313 e. The minimum Gasteiger partial charge on any atom is -0.313 e. The van der Waals surface area contributed by atoms with Crippen LogP contribution in [0.1, 0.15) is 47.0 Å². The number of hydrogen-bond acceptors (Lipinski definition) is 3. The summed E-state index contributed by atoms with van der Waals surface area (Å²) in [4.78, 5) is 2.61. The standard InChI is InChI=1S/C16H32N2S/c1-15(2)11-14(12-16(3,4)13-15)17-5-6-18-7-9-19-10-8-18/h14,17H,5-13H2,1-4H3. The third-order valence-corrected chi connectivity index (χ3v) is 5.46. The molecule has 112 valence electrons. The first-order chi connectivity index (χ1) is 8.86. The fourth-order valence-corrected chi connectivity index (χ4v) is 5.22. The van der Waals surface area contributed by atoms with Crippen LogP contribution in [0, 0.1) is 10.8 Å². The van der Waals surface area contributed by atoms with Gasteiger partial charge in [0.2, 0.25) is 0 Å². The second-order valence-electron chi connectivity index (χ2n) is 8.02. The van der Waals surface area contributed by atoms with Crippen molar-refractivity contribution in [3.8, 4) is 0 Å². The Hall–Kier alpha value is 0.270. The van der Waals surface area contributed by atoms with Crippen LogP contribution in [0.25, 0.3) is 0 Å². The predicted molar refractivity (Wildman–Crippen MR) is 87.0 cm³/mol. The molecule has 19 heavy (non-hydrogen) atoms. The number of rotatable bonds is 4. The second-order valence-corrected chi connectivity index (χ2v) is 9.24. The molecule has 2 aliphatic rings. The summed E-state index contributed by atoms with van der Waals surface area (Å²) in [5.74, 6) is 2.65. The second kappa shape index (κ2) is 6.36. The molecule has 0 bridgehead atoms. The molecule has 1 saturated carbocycles. The zero-order valence-electron chi connectivity index (χ0n) is 13.3. The highest BCUT2D eigenvalue weighted by atomic mass is 32.2. The molecule has 0 radical (unpaired) electrons. The summed E-state index contributed by atoms with van der Waals surface area (Å²) in [6, 6.07) is 0.720. The summed E-state index contributed by atoms with van der Waals surface area (Å²) in [5.41, 5.74) is 1.00. The van der Waals surface area contributed by atoms with Gasteiger partial charge >= 0.3 is 0 Å². The Morgan fingerprint density at radius 3 is 2.21 bits per heavy atom. The Kier molecular flexibility index (Phi) is 5.24. The highest BCUT2D eigenvalue weighted by molar-refractivity contribution is 7.99. The topological polar surface area (TPSA) is 15.3 Å². The lowest BCUT2D eigenvalue weighted by Gasteiger charge is -2.45. The lowest BCUT2D eigenvalue weighted by molar-refractivity contribution is 0.0840. The lowest BCUT2D eigenvalue weighted by atomic mass is 9.63. The zero-order chi connectivity index (χ0) is 13.9. The van der Waals surface area contributed by atoms with Gasteiger partial charge in [0, 0.05) is 43.7 Å². The molecular formula is C16H32N2S. The minimum absolute atomic E-state index is 0.501. The van der Waals surface area contributed by atoms with Crippen molar-refractivity contribution in [2.75, 3.05) is 37.7 Å². The number of hydrogen-bond donors (Lipinski definition) is 1. The molecule has 1 heterocycles. The minimum atomic E-state index is 0.501. The van der Waals surface area contributed by atoms with Gasteiger partial charge in [-0.25, -0.2) is 0 Å². The molecule has 2 rings (SSSR count). The van der Waals surface area contributed by atoms with E-state index in [1.807, 2.05) is 0 Å². The summed E-state index contributed by atoms with van der Waals surface area (Å²) in [5, 5.41) is 3.83. The number of thioether (sulfide) groups is 1. The Morgan fingerprint density at radius 1 is 1.05 bits per heavy atom. The van der Waals surface area contributed by atoms with Crippen LogP contribution in [0.15, 0.2) is 0 Å². The fourth-order valence-electron chi connectivity index (χ4n) is 4.24. The van der Waals surface area contributed by atoms with Gasteiger partial charge in [-0.05, 0) is 30.1 Å². The Morgan fingerprint density at radius 2 is 1.63 bits per heavy atom. The fraction of sp³-hybridized carbons (Fsp3) is 1.00. The summed E-state index contributed by atoms with van der Waals surface area (Å²) >= 11 is 2.10. The van der Waals surface area contributed by atoms with E-state index < -0.39 is 0 Å². The van der Waals surface area contributed by atoms with Crippen LogP contribution in [0.3, 0.4) is 0 Å². The van der Waals surface area contributed by atoms with Crippen molar-refractivity contribution in [1.29, 1.82) is 0 Å². The summed E-state index contributed by atoms with van der Waals surface area (Å²) in [6.45, 7) is 14.7. The maximum Gasteiger partial charge on any atom is 0.0108 e. The van der Waals surface area contributed by atoms with Gasteiger partial charge in [-0.2, -0.15) is 11.8 Å². The average Bonchev–Trinajstić information content (AvgIpc) is 2.26. The SMILES string of the molecule is CC1(C)CC(NCCN2CCSCC2)CC(C)(C)C1. The van der Waals surface area contributed by atoms with Gasteiger partial charge in [0.1, 0.15) is 0 Å². The maximum absolute atomic E-state index is 3.83. The first-order valence-electron chi connectivity index (χ1n) is 7.90. The molecule has 0 aromatic rings. The van der Waals surface area contributed by atoms with Crippen molar-refractivity contribution < 1.29 is 0 Å². The van der Waals surface area contributed by atoms with E-state index in [9.17, 15) is 0 Å². The van der Waals surface area contributed by atoms with Crippen LogP contribution < -0.4 is 5.32 Å². The third kappa shape index (κ3) is 5.28. The van der Waals surface area contributed by atoms with Crippen LogP contribution >= 0.6 is 11.8 Å². The van der Waals surface area contributed by atoms with Gasteiger partial charge in [0.25, 0.3) is 0 Å². The zero-order valence-corrected chi connectivity index (χ0v) is 14.1. The van der Waals surface area contributed by atoms with E-state index in [1.54, 1.807) is 0 Å². The maximum atomic E-state index is 3.83. The summed E-state index contributed by atoms with van der Waals surface area (Å²) in [6.07, 6.45) is 4.04. The van der Waals surface area contributed by atoms with Crippen molar-refractivity contribution in [1.82, 2.24) is 10.2 Å².